The standard InChI is InChI=1S/C20H17NO5/c1-13(14-7-3-2-4-8-14)21-19(23)12-25-20(24)18-11-16(22)15-9-5-6-10-17(15)26-18/h2-11,13H,12H2,1H3,(H,21,23)/t13-/m0/s1. The lowest BCUT2D eigenvalue weighted by Gasteiger charge is -2.14. The third kappa shape index (κ3) is 3.97. The lowest BCUT2D eigenvalue weighted by Crippen LogP contribution is -2.31. The van der Waals surface area contributed by atoms with Gasteiger partial charge in [-0.3, -0.25) is 9.59 Å². The van der Waals surface area contributed by atoms with E-state index in [4.69, 9.17) is 9.15 Å². The van der Waals surface area contributed by atoms with Crippen molar-refractivity contribution in [3.05, 3.63) is 82.2 Å². The molecule has 1 amide bonds. The van der Waals surface area contributed by atoms with Crippen LogP contribution in [0.15, 0.2) is 69.9 Å². The van der Waals surface area contributed by atoms with Crippen LogP contribution in [0.5, 0.6) is 0 Å². The van der Waals surface area contributed by atoms with E-state index in [9.17, 15) is 14.4 Å². The van der Waals surface area contributed by atoms with E-state index in [-0.39, 0.29) is 22.8 Å². The molecule has 2 aromatic carbocycles. The number of benzene rings is 2. The van der Waals surface area contributed by atoms with Gasteiger partial charge in [0.05, 0.1) is 11.4 Å². The van der Waals surface area contributed by atoms with E-state index in [2.05, 4.69) is 5.32 Å². The molecule has 6 heteroatoms. The fraction of sp³-hybridized carbons (Fsp3) is 0.150. The van der Waals surface area contributed by atoms with Gasteiger partial charge in [0.25, 0.3) is 5.91 Å². The van der Waals surface area contributed by atoms with E-state index in [1.807, 2.05) is 37.3 Å². The summed E-state index contributed by atoms with van der Waals surface area (Å²) in [7, 11) is 0. The summed E-state index contributed by atoms with van der Waals surface area (Å²) in [6.45, 7) is 1.37. The Balaban J connectivity index is 1.62. The Bertz CT molecular complexity index is 994. The van der Waals surface area contributed by atoms with Crippen LogP contribution in [0.2, 0.25) is 0 Å². The number of hydrogen-bond donors (Lipinski definition) is 1. The number of esters is 1. The van der Waals surface area contributed by atoms with Crippen molar-refractivity contribution in [2.45, 2.75) is 13.0 Å². The first-order valence-corrected chi connectivity index (χ1v) is 8.09. The van der Waals surface area contributed by atoms with Crippen LogP contribution in [0.4, 0.5) is 0 Å². The van der Waals surface area contributed by atoms with Gasteiger partial charge >= 0.3 is 5.97 Å². The normalized spacial score (nSPS) is 11.7. The summed E-state index contributed by atoms with van der Waals surface area (Å²) in [5.74, 6) is -1.55. The topological polar surface area (TPSA) is 85.6 Å². The molecule has 0 fully saturated rings. The van der Waals surface area contributed by atoms with Crippen LogP contribution in [-0.4, -0.2) is 18.5 Å². The number of fused-ring (bicyclic) bond motifs is 1. The number of nitrogens with one attached hydrogen (secondary N) is 1. The summed E-state index contributed by atoms with van der Waals surface area (Å²) in [5.41, 5.74) is 0.878. The molecule has 1 heterocycles. The highest BCUT2D eigenvalue weighted by molar-refractivity contribution is 5.90. The summed E-state index contributed by atoms with van der Waals surface area (Å²) in [6.07, 6.45) is 0. The molecular formula is C20H17NO5. The monoisotopic (exact) mass is 351 g/mol. The van der Waals surface area contributed by atoms with Crippen molar-refractivity contribution >= 4 is 22.8 Å². The zero-order valence-corrected chi connectivity index (χ0v) is 14.1. The molecule has 1 aromatic heterocycles. The molecule has 3 rings (SSSR count). The Morgan fingerprint density at radius 3 is 2.54 bits per heavy atom. The second-order valence-corrected chi connectivity index (χ2v) is 5.75. The molecule has 0 aliphatic carbocycles. The van der Waals surface area contributed by atoms with Gasteiger partial charge in [0, 0.05) is 6.07 Å². The summed E-state index contributed by atoms with van der Waals surface area (Å²) in [6, 6.07) is 16.8. The van der Waals surface area contributed by atoms with Crippen LogP contribution in [0.1, 0.15) is 29.1 Å². The molecule has 0 spiro atoms. The average molecular weight is 351 g/mol. The second-order valence-electron chi connectivity index (χ2n) is 5.75. The van der Waals surface area contributed by atoms with Crippen LogP contribution < -0.4 is 10.7 Å². The van der Waals surface area contributed by atoms with Gasteiger partial charge in [-0.15, -0.1) is 0 Å². The van der Waals surface area contributed by atoms with Gasteiger partial charge in [0.15, 0.2) is 12.0 Å². The lowest BCUT2D eigenvalue weighted by molar-refractivity contribution is -0.124. The Hall–Kier alpha value is -3.41. The highest BCUT2D eigenvalue weighted by atomic mass is 16.5. The largest absolute Gasteiger partial charge is 0.450 e. The van der Waals surface area contributed by atoms with E-state index >= 15 is 0 Å². The van der Waals surface area contributed by atoms with Gasteiger partial charge in [-0.05, 0) is 24.6 Å². The first kappa shape index (κ1) is 17.4. The van der Waals surface area contributed by atoms with Gasteiger partial charge in [-0.2, -0.15) is 0 Å². The van der Waals surface area contributed by atoms with E-state index in [1.54, 1.807) is 24.3 Å². The molecule has 0 aliphatic heterocycles. The van der Waals surface area contributed by atoms with Crippen molar-refractivity contribution < 1.29 is 18.7 Å². The lowest BCUT2D eigenvalue weighted by atomic mass is 10.1. The maximum absolute atomic E-state index is 12.1. The van der Waals surface area contributed by atoms with Crippen LogP contribution in [0.25, 0.3) is 11.0 Å². The van der Waals surface area contributed by atoms with Crippen molar-refractivity contribution in [2.75, 3.05) is 6.61 Å². The number of hydrogen-bond acceptors (Lipinski definition) is 5. The SMILES string of the molecule is C[C@H](NC(=O)COC(=O)c1cc(=O)c2ccccc2o1)c1ccccc1. The predicted molar refractivity (Wildman–Crippen MR) is 95.8 cm³/mol. The molecule has 1 N–H and O–H groups in total. The Morgan fingerprint density at radius 2 is 1.77 bits per heavy atom. The molecule has 0 aliphatic rings. The maximum atomic E-state index is 12.1. The number of carbonyl (C=O) groups is 2. The summed E-state index contributed by atoms with van der Waals surface area (Å²) in [4.78, 5) is 36.0. The quantitative estimate of drug-likeness (QED) is 0.715. The van der Waals surface area contributed by atoms with Crippen molar-refractivity contribution in [3.8, 4) is 0 Å². The molecule has 6 nitrogen and oxygen atoms in total. The number of para-hydroxylation sites is 1. The van der Waals surface area contributed by atoms with E-state index < -0.39 is 18.5 Å². The zero-order valence-electron chi connectivity index (χ0n) is 14.1. The van der Waals surface area contributed by atoms with Gasteiger partial charge in [0.2, 0.25) is 5.76 Å². The fourth-order valence-electron chi connectivity index (χ4n) is 2.51. The molecule has 0 radical (unpaired) electrons. The fourth-order valence-corrected chi connectivity index (χ4v) is 2.51. The number of amides is 1. The Kier molecular flexibility index (Phi) is 5.12. The van der Waals surface area contributed by atoms with Crippen molar-refractivity contribution in [1.29, 1.82) is 0 Å². The molecule has 26 heavy (non-hydrogen) atoms. The van der Waals surface area contributed by atoms with E-state index in [1.165, 1.54) is 0 Å². The molecule has 0 saturated heterocycles. The smallest absolute Gasteiger partial charge is 0.374 e. The van der Waals surface area contributed by atoms with Crippen LogP contribution in [0.3, 0.4) is 0 Å². The van der Waals surface area contributed by atoms with Gasteiger partial charge in [-0.1, -0.05) is 42.5 Å². The zero-order chi connectivity index (χ0) is 18.5. The van der Waals surface area contributed by atoms with Crippen molar-refractivity contribution in [2.24, 2.45) is 0 Å². The molecule has 132 valence electrons. The summed E-state index contributed by atoms with van der Waals surface area (Å²) in [5, 5.41) is 3.11. The average Bonchev–Trinajstić information content (AvgIpc) is 2.66. The minimum absolute atomic E-state index is 0.221. The third-order valence-corrected chi connectivity index (χ3v) is 3.85. The number of ether oxygens (including phenoxy) is 1. The predicted octanol–water partition coefficient (Wildman–Crippen LogP) is 2.83. The molecule has 1 atom stereocenters. The highest BCUT2D eigenvalue weighted by Gasteiger charge is 2.16. The first-order chi connectivity index (χ1) is 12.5. The minimum atomic E-state index is -0.865. The Labute approximate surface area is 149 Å². The highest BCUT2D eigenvalue weighted by Crippen LogP contribution is 2.13. The molecule has 3 aromatic rings. The van der Waals surface area contributed by atoms with Crippen molar-refractivity contribution in [1.82, 2.24) is 5.32 Å². The summed E-state index contributed by atoms with van der Waals surface area (Å²) >= 11 is 0. The third-order valence-electron chi connectivity index (χ3n) is 3.85. The van der Waals surface area contributed by atoms with Crippen LogP contribution >= 0.6 is 0 Å². The number of carbonyl (C=O) groups excluding carboxylic acids is 2. The van der Waals surface area contributed by atoms with Gasteiger partial charge in [0.1, 0.15) is 5.58 Å². The van der Waals surface area contributed by atoms with Crippen LogP contribution in [-0.2, 0) is 9.53 Å². The van der Waals surface area contributed by atoms with Crippen molar-refractivity contribution in [3.63, 3.8) is 0 Å². The molecule has 0 unspecified atom stereocenters. The first-order valence-electron chi connectivity index (χ1n) is 8.09. The van der Waals surface area contributed by atoms with E-state index in [0.717, 1.165) is 11.6 Å². The van der Waals surface area contributed by atoms with Crippen LogP contribution in [0, 0.1) is 0 Å². The van der Waals surface area contributed by atoms with E-state index in [0.29, 0.717) is 5.39 Å². The maximum Gasteiger partial charge on any atom is 0.374 e. The summed E-state index contributed by atoms with van der Waals surface area (Å²) < 4.78 is 10.3. The van der Waals surface area contributed by atoms with Gasteiger partial charge in [-0.25, -0.2) is 4.79 Å². The minimum Gasteiger partial charge on any atom is -0.450 e. The molecule has 0 saturated carbocycles. The Morgan fingerprint density at radius 1 is 1.08 bits per heavy atom. The molecule has 0 bridgehead atoms. The second kappa shape index (κ2) is 7.65. The number of rotatable bonds is 5. The molecular weight excluding hydrogens is 334 g/mol. The van der Waals surface area contributed by atoms with Gasteiger partial charge < -0.3 is 14.5 Å².